The van der Waals surface area contributed by atoms with Gasteiger partial charge < -0.3 is 10.4 Å². The van der Waals surface area contributed by atoms with E-state index < -0.39 is 6.10 Å². The quantitative estimate of drug-likeness (QED) is 0.474. The van der Waals surface area contributed by atoms with E-state index in [2.05, 4.69) is 10.3 Å². The molecule has 3 rings (SSSR count). The predicted molar refractivity (Wildman–Crippen MR) is 113 cm³/mol. The van der Waals surface area contributed by atoms with Crippen LogP contribution in [-0.2, 0) is 11.3 Å². The second kappa shape index (κ2) is 8.77. The summed E-state index contributed by atoms with van der Waals surface area (Å²) in [6, 6.07) is 12.4. The van der Waals surface area contributed by atoms with Gasteiger partial charge in [-0.1, -0.05) is 35.5 Å². The van der Waals surface area contributed by atoms with Crippen molar-refractivity contribution in [2.24, 2.45) is 0 Å². The standard InChI is InChI=1S/C20H20ClN3O3S/c1-12-4-3-5-15(8-12)22-18(26)11-28-20-23-17-9-14(21)6-7-16(17)19(27)24(20)10-13(2)25/h3-9,13,25H,10-11H2,1-2H3,(H,22,26)/t13-/m1/s1. The zero-order valence-electron chi connectivity index (χ0n) is 15.5. The van der Waals surface area contributed by atoms with E-state index in [9.17, 15) is 14.7 Å². The summed E-state index contributed by atoms with van der Waals surface area (Å²) in [7, 11) is 0. The molecule has 1 heterocycles. The molecule has 3 aromatic rings. The number of aromatic nitrogens is 2. The van der Waals surface area contributed by atoms with Crippen molar-refractivity contribution in [1.82, 2.24) is 9.55 Å². The van der Waals surface area contributed by atoms with Crippen molar-refractivity contribution in [1.29, 1.82) is 0 Å². The summed E-state index contributed by atoms with van der Waals surface area (Å²) in [6.07, 6.45) is -0.732. The lowest BCUT2D eigenvalue weighted by molar-refractivity contribution is -0.113. The molecule has 2 aromatic carbocycles. The lowest BCUT2D eigenvalue weighted by atomic mass is 10.2. The predicted octanol–water partition coefficient (Wildman–Crippen LogP) is 3.47. The number of thioether (sulfide) groups is 1. The number of nitrogens with zero attached hydrogens (tertiary/aromatic N) is 2. The molecule has 0 aliphatic rings. The fourth-order valence-corrected chi connectivity index (χ4v) is 3.73. The number of halogens is 1. The van der Waals surface area contributed by atoms with Crippen molar-refractivity contribution in [2.45, 2.75) is 31.7 Å². The Bertz CT molecular complexity index is 1080. The number of nitrogens with one attached hydrogen (secondary N) is 1. The number of carbonyl (C=O) groups is 1. The van der Waals surface area contributed by atoms with Gasteiger partial charge in [-0.3, -0.25) is 14.2 Å². The highest BCUT2D eigenvalue weighted by Crippen LogP contribution is 2.21. The number of benzene rings is 2. The van der Waals surface area contributed by atoms with Gasteiger partial charge in [-0.05, 0) is 49.7 Å². The normalized spacial score (nSPS) is 12.1. The fourth-order valence-electron chi connectivity index (χ4n) is 2.76. The van der Waals surface area contributed by atoms with Crippen LogP contribution < -0.4 is 10.9 Å². The first-order valence-corrected chi connectivity index (χ1v) is 10.1. The number of amides is 1. The first kappa shape index (κ1) is 20.4. The van der Waals surface area contributed by atoms with Crippen LogP contribution in [-0.4, -0.2) is 32.4 Å². The first-order chi connectivity index (χ1) is 13.3. The summed E-state index contributed by atoms with van der Waals surface area (Å²) in [5.41, 5.74) is 1.94. The molecule has 0 unspecified atom stereocenters. The van der Waals surface area contributed by atoms with Crippen LogP contribution in [0.15, 0.2) is 52.4 Å². The van der Waals surface area contributed by atoms with Gasteiger partial charge in [0.2, 0.25) is 5.91 Å². The molecule has 6 nitrogen and oxygen atoms in total. The Morgan fingerprint density at radius 1 is 1.32 bits per heavy atom. The summed E-state index contributed by atoms with van der Waals surface area (Å²) < 4.78 is 1.39. The van der Waals surface area contributed by atoms with Crippen molar-refractivity contribution >= 4 is 45.9 Å². The monoisotopic (exact) mass is 417 g/mol. The van der Waals surface area contributed by atoms with E-state index in [-0.39, 0.29) is 23.8 Å². The Kier molecular flexibility index (Phi) is 6.39. The second-order valence-corrected chi connectivity index (χ2v) is 7.91. The Labute approximate surface area is 171 Å². The van der Waals surface area contributed by atoms with Crippen LogP contribution in [0.3, 0.4) is 0 Å². The van der Waals surface area contributed by atoms with Gasteiger partial charge in [-0.2, -0.15) is 0 Å². The molecule has 0 saturated heterocycles. The molecule has 1 amide bonds. The fraction of sp³-hybridized carbons (Fsp3) is 0.250. The molecule has 0 bridgehead atoms. The number of aliphatic hydroxyl groups excluding tert-OH is 1. The van der Waals surface area contributed by atoms with Crippen LogP contribution in [0.1, 0.15) is 12.5 Å². The number of aliphatic hydroxyl groups is 1. The lowest BCUT2D eigenvalue weighted by Crippen LogP contribution is -2.28. The first-order valence-electron chi connectivity index (χ1n) is 8.71. The number of hydrogen-bond acceptors (Lipinski definition) is 5. The molecular weight excluding hydrogens is 398 g/mol. The summed E-state index contributed by atoms with van der Waals surface area (Å²) in [4.78, 5) is 29.6. The molecule has 2 N–H and O–H groups in total. The highest BCUT2D eigenvalue weighted by molar-refractivity contribution is 7.99. The van der Waals surface area contributed by atoms with Crippen molar-refractivity contribution in [3.8, 4) is 0 Å². The average molecular weight is 418 g/mol. The maximum atomic E-state index is 12.8. The third-order valence-corrected chi connectivity index (χ3v) is 5.17. The van der Waals surface area contributed by atoms with Gasteiger partial charge in [0.1, 0.15) is 0 Å². The molecular formula is C20H20ClN3O3S. The Morgan fingerprint density at radius 2 is 2.11 bits per heavy atom. The van der Waals surface area contributed by atoms with Gasteiger partial charge in [0, 0.05) is 10.7 Å². The summed E-state index contributed by atoms with van der Waals surface area (Å²) in [6.45, 7) is 3.63. The van der Waals surface area contributed by atoms with E-state index in [1.54, 1.807) is 25.1 Å². The number of anilines is 1. The zero-order valence-corrected chi connectivity index (χ0v) is 17.0. The molecule has 0 aliphatic heterocycles. The zero-order chi connectivity index (χ0) is 20.3. The summed E-state index contributed by atoms with van der Waals surface area (Å²) in [5, 5.41) is 13.9. The topological polar surface area (TPSA) is 84.2 Å². The number of carbonyl (C=O) groups excluding carboxylic acids is 1. The van der Waals surface area contributed by atoms with Gasteiger partial charge in [-0.15, -0.1) is 0 Å². The number of rotatable bonds is 6. The highest BCUT2D eigenvalue weighted by Gasteiger charge is 2.15. The average Bonchev–Trinajstić information content (AvgIpc) is 2.62. The van der Waals surface area contributed by atoms with Gasteiger partial charge in [0.15, 0.2) is 5.16 Å². The molecule has 0 spiro atoms. The van der Waals surface area contributed by atoms with Crippen LogP contribution >= 0.6 is 23.4 Å². The molecule has 0 radical (unpaired) electrons. The molecule has 8 heteroatoms. The van der Waals surface area contributed by atoms with E-state index >= 15 is 0 Å². The SMILES string of the molecule is Cc1cccc(NC(=O)CSc2nc3cc(Cl)ccc3c(=O)n2C[C@@H](C)O)c1. The van der Waals surface area contributed by atoms with E-state index in [0.29, 0.717) is 26.8 Å². The third-order valence-electron chi connectivity index (χ3n) is 3.96. The van der Waals surface area contributed by atoms with E-state index in [1.807, 2.05) is 31.2 Å². The van der Waals surface area contributed by atoms with Gasteiger partial charge in [0.05, 0.1) is 29.3 Å². The van der Waals surface area contributed by atoms with Gasteiger partial charge in [0.25, 0.3) is 5.56 Å². The third kappa shape index (κ3) is 4.92. The maximum Gasteiger partial charge on any atom is 0.262 e. The molecule has 0 fully saturated rings. The van der Waals surface area contributed by atoms with Crippen molar-refractivity contribution in [2.75, 3.05) is 11.1 Å². The minimum Gasteiger partial charge on any atom is -0.392 e. The van der Waals surface area contributed by atoms with E-state index in [4.69, 9.17) is 11.6 Å². The maximum absolute atomic E-state index is 12.8. The smallest absolute Gasteiger partial charge is 0.262 e. The summed E-state index contributed by atoms with van der Waals surface area (Å²) in [5.74, 6) is -0.133. The van der Waals surface area contributed by atoms with Crippen LogP contribution in [0.5, 0.6) is 0 Å². The minimum atomic E-state index is -0.732. The van der Waals surface area contributed by atoms with E-state index in [0.717, 1.165) is 17.3 Å². The van der Waals surface area contributed by atoms with Gasteiger partial charge in [-0.25, -0.2) is 4.98 Å². The highest BCUT2D eigenvalue weighted by atomic mass is 35.5. The van der Waals surface area contributed by atoms with Crippen molar-refractivity contribution in [3.63, 3.8) is 0 Å². The molecule has 1 aromatic heterocycles. The molecule has 0 saturated carbocycles. The second-order valence-electron chi connectivity index (χ2n) is 6.53. The largest absolute Gasteiger partial charge is 0.392 e. The molecule has 28 heavy (non-hydrogen) atoms. The Hall–Kier alpha value is -2.35. The summed E-state index contributed by atoms with van der Waals surface area (Å²) >= 11 is 7.16. The van der Waals surface area contributed by atoms with E-state index in [1.165, 1.54) is 4.57 Å². The van der Waals surface area contributed by atoms with Crippen molar-refractivity contribution in [3.05, 3.63) is 63.4 Å². The molecule has 1 atom stereocenters. The number of aryl methyl sites for hydroxylation is 1. The number of hydrogen-bond donors (Lipinski definition) is 2. The van der Waals surface area contributed by atoms with Crippen LogP contribution in [0.4, 0.5) is 5.69 Å². The van der Waals surface area contributed by atoms with Crippen LogP contribution in [0, 0.1) is 6.92 Å². The van der Waals surface area contributed by atoms with Crippen LogP contribution in [0.2, 0.25) is 5.02 Å². The van der Waals surface area contributed by atoms with Crippen molar-refractivity contribution < 1.29 is 9.90 Å². The van der Waals surface area contributed by atoms with Crippen LogP contribution in [0.25, 0.3) is 10.9 Å². The molecule has 0 aliphatic carbocycles. The molecule has 146 valence electrons. The minimum absolute atomic E-state index is 0.0757. The Balaban J connectivity index is 1.86. The Morgan fingerprint density at radius 3 is 2.82 bits per heavy atom. The van der Waals surface area contributed by atoms with Gasteiger partial charge >= 0.3 is 0 Å². The lowest BCUT2D eigenvalue weighted by Gasteiger charge is -2.14. The number of fused-ring (bicyclic) bond motifs is 1.